The summed E-state index contributed by atoms with van der Waals surface area (Å²) in [5.74, 6) is 0.854. The summed E-state index contributed by atoms with van der Waals surface area (Å²) in [6.07, 6.45) is 1.31. The first-order valence-corrected chi connectivity index (χ1v) is 7.85. The summed E-state index contributed by atoms with van der Waals surface area (Å²) in [5.41, 5.74) is 8.29. The molecule has 2 heterocycles. The third-order valence-corrected chi connectivity index (χ3v) is 4.06. The number of thiazole rings is 1. The van der Waals surface area contributed by atoms with Gasteiger partial charge in [0, 0.05) is 17.5 Å². The average Bonchev–Trinajstić information content (AvgIpc) is 2.85. The molecule has 1 aliphatic rings. The number of nitrogen functional groups attached to an aromatic ring is 1. The lowest BCUT2D eigenvalue weighted by Gasteiger charge is -2.21. The molecular weight excluding hydrogens is 286 g/mol. The zero-order valence-electron chi connectivity index (χ0n) is 11.8. The maximum atomic E-state index is 12.2. The summed E-state index contributed by atoms with van der Waals surface area (Å²) in [4.78, 5) is 18.3. The van der Waals surface area contributed by atoms with E-state index in [0.717, 1.165) is 29.1 Å². The molecule has 1 aromatic heterocycles. The molecule has 1 aliphatic heterocycles. The molecule has 5 nitrogen and oxygen atoms in total. The van der Waals surface area contributed by atoms with E-state index >= 15 is 0 Å². The number of carbonyl (C=O) groups is 1. The molecule has 0 spiro atoms. The standard InChI is InChI=1S/C15H17N3O2S/c1-2-6-18-12-8-10(11-9-21-15(16)17-11)3-4-13(12)20-7-5-14(18)19/h3-4,8-9H,2,5-7H2,1H3,(H2,16,17). The maximum absolute atomic E-state index is 12.2. The molecule has 1 aromatic carbocycles. The van der Waals surface area contributed by atoms with Crippen molar-refractivity contribution in [1.82, 2.24) is 4.98 Å². The number of ether oxygens (including phenoxy) is 1. The van der Waals surface area contributed by atoms with Gasteiger partial charge in [0.25, 0.3) is 0 Å². The van der Waals surface area contributed by atoms with Gasteiger partial charge in [-0.15, -0.1) is 11.3 Å². The minimum atomic E-state index is 0.102. The van der Waals surface area contributed by atoms with Gasteiger partial charge in [0.05, 0.1) is 24.4 Å². The van der Waals surface area contributed by atoms with E-state index in [1.165, 1.54) is 11.3 Å². The van der Waals surface area contributed by atoms with Gasteiger partial charge in [-0.1, -0.05) is 6.92 Å². The highest BCUT2D eigenvalue weighted by molar-refractivity contribution is 7.13. The van der Waals surface area contributed by atoms with Gasteiger partial charge in [0.2, 0.25) is 5.91 Å². The zero-order valence-corrected chi connectivity index (χ0v) is 12.7. The van der Waals surface area contributed by atoms with E-state index in [1.54, 1.807) is 0 Å². The Bertz CT molecular complexity index is 669. The lowest BCUT2D eigenvalue weighted by molar-refractivity contribution is -0.118. The molecule has 3 rings (SSSR count). The van der Waals surface area contributed by atoms with Gasteiger partial charge in [-0.25, -0.2) is 4.98 Å². The Morgan fingerprint density at radius 3 is 3.05 bits per heavy atom. The molecule has 0 saturated heterocycles. The monoisotopic (exact) mass is 303 g/mol. The quantitative estimate of drug-likeness (QED) is 0.946. The SMILES string of the molecule is CCCN1C(=O)CCOc2ccc(-c3csc(N)n3)cc21. The van der Waals surface area contributed by atoms with Crippen LogP contribution < -0.4 is 15.4 Å². The molecule has 2 aromatic rings. The highest BCUT2D eigenvalue weighted by atomic mass is 32.1. The van der Waals surface area contributed by atoms with E-state index in [4.69, 9.17) is 10.5 Å². The summed E-state index contributed by atoms with van der Waals surface area (Å²) in [7, 11) is 0. The second-order valence-corrected chi connectivity index (χ2v) is 5.79. The molecule has 110 valence electrons. The Morgan fingerprint density at radius 2 is 2.33 bits per heavy atom. The number of hydrogen-bond donors (Lipinski definition) is 1. The molecule has 1 amide bonds. The second-order valence-electron chi connectivity index (χ2n) is 4.90. The Hall–Kier alpha value is -2.08. The summed E-state index contributed by atoms with van der Waals surface area (Å²) in [6, 6.07) is 5.82. The number of hydrogen-bond acceptors (Lipinski definition) is 5. The number of benzene rings is 1. The van der Waals surface area contributed by atoms with Crippen LogP contribution in [0.3, 0.4) is 0 Å². The molecule has 2 N–H and O–H groups in total. The number of carbonyl (C=O) groups excluding carboxylic acids is 1. The number of aromatic nitrogens is 1. The van der Waals surface area contributed by atoms with Crippen LogP contribution in [0, 0.1) is 0 Å². The second kappa shape index (κ2) is 5.73. The summed E-state index contributed by atoms with van der Waals surface area (Å²) >= 11 is 1.41. The van der Waals surface area contributed by atoms with Gasteiger partial charge in [-0.05, 0) is 24.6 Å². The lowest BCUT2D eigenvalue weighted by Crippen LogP contribution is -2.30. The van der Waals surface area contributed by atoms with Crippen molar-refractivity contribution < 1.29 is 9.53 Å². The molecule has 21 heavy (non-hydrogen) atoms. The van der Waals surface area contributed by atoms with E-state index in [2.05, 4.69) is 11.9 Å². The van der Waals surface area contributed by atoms with Crippen molar-refractivity contribution in [2.24, 2.45) is 0 Å². The molecule has 0 unspecified atom stereocenters. The minimum absolute atomic E-state index is 0.102. The van der Waals surface area contributed by atoms with E-state index in [-0.39, 0.29) is 5.91 Å². The predicted octanol–water partition coefficient (Wildman–Crippen LogP) is 2.92. The molecule has 0 fully saturated rings. The van der Waals surface area contributed by atoms with Gasteiger partial charge < -0.3 is 15.4 Å². The van der Waals surface area contributed by atoms with Crippen LogP contribution in [0.2, 0.25) is 0 Å². The van der Waals surface area contributed by atoms with Crippen molar-refractivity contribution in [3.8, 4) is 17.0 Å². The number of rotatable bonds is 3. The fraction of sp³-hybridized carbons (Fsp3) is 0.333. The zero-order chi connectivity index (χ0) is 14.8. The topological polar surface area (TPSA) is 68.5 Å². The highest BCUT2D eigenvalue weighted by Crippen LogP contribution is 2.36. The van der Waals surface area contributed by atoms with E-state index in [9.17, 15) is 4.79 Å². The van der Waals surface area contributed by atoms with Gasteiger partial charge in [0.1, 0.15) is 5.75 Å². The van der Waals surface area contributed by atoms with Gasteiger partial charge in [-0.2, -0.15) is 0 Å². The number of fused-ring (bicyclic) bond motifs is 1. The lowest BCUT2D eigenvalue weighted by atomic mass is 10.1. The fourth-order valence-corrected chi connectivity index (χ4v) is 2.99. The van der Waals surface area contributed by atoms with Crippen molar-refractivity contribution >= 4 is 28.1 Å². The van der Waals surface area contributed by atoms with Crippen LogP contribution in [0.4, 0.5) is 10.8 Å². The molecule has 0 bridgehead atoms. The van der Waals surface area contributed by atoms with Gasteiger partial charge in [0.15, 0.2) is 5.13 Å². The predicted molar refractivity (Wildman–Crippen MR) is 84.7 cm³/mol. The molecular formula is C15H17N3O2S. The summed E-state index contributed by atoms with van der Waals surface area (Å²) in [6.45, 7) is 3.18. The fourth-order valence-electron chi connectivity index (χ4n) is 2.42. The Kier molecular flexibility index (Phi) is 3.79. The molecule has 0 atom stereocenters. The molecule has 0 saturated carbocycles. The van der Waals surface area contributed by atoms with Crippen molar-refractivity contribution in [1.29, 1.82) is 0 Å². The van der Waals surface area contributed by atoms with Crippen molar-refractivity contribution in [2.75, 3.05) is 23.8 Å². The van der Waals surface area contributed by atoms with Crippen LogP contribution >= 0.6 is 11.3 Å². The molecule has 0 radical (unpaired) electrons. The highest BCUT2D eigenvalue weighted by Gasteiger charge is 2.23. The van der Waals surface area contributed by atoms with Crippen LogP contribution in [0.25, 0.3) is 11.3 Å². The summed E-state index contributed by atoms with van der Waals surface area (Å²) < 4.78 is 5.69. The van der Waals surface area contributed by atoms with Crippen LogP contribution in [0.5, 0.6) is 5.75 Å². The van der Waals surface area contributed by atoms with E-state index in [0.29, 0.717) is 24.7 Å². The minimum Gasteiger partial charge on any atom is -0.491 e. The maximum Gasteiger partial charge on any atom is 0.230 e. The first kappa shape index (κ1) is 13.9. The molecule has 6 heteroatoms. The average molecular weight is 303 g/mol. The normalized spacial score (nSPS) is 14.5. The number of nitrogens with zero attached hydrogens (tertiary/aromatic N) is 2. The number of nitrogens with two attached hydrogens (primary N) is 1. The largest absolute Gasteiger partial charge is 0.491 e. The number of amides is 1. The smallest absolute Gasteiger partial charge is 0.230 e. The van der Waals surface area contributed by atoms with Crippen molar-refractivity contribution in [3.63, 3.8) is 0 Å². The van der Waals surface area contributed by atoms with Gasteiger partial charge in [-0.3, -0.25) is 4.79 Å². The molecule has 0 aliphatic carbocycles. The third-order valence-electron chi connectivity index (χ3n) is 3.39. The van der Waals surface area contributed by atoms with Crippen LogP contribution in [0.15, 0.2) is 23.6 Å². The van der Waals surface area contributed by atoms with Crippen molar-refractivity contribution in [3.05, 3.63) is 23.6 Å². The Labute approximate surface area is 127 Å². The van der Waals surface area contributed by atoms with Crippen LogP contribution in [-0.4, -0.2) is 24.0 Å². The Balaban J connectivity index is 2.05. The Morgan fingerprint density at radius 1 is 1.48 bits per heavy atom. The first-order chi connectivity index (χ1) is 10.2. The van der Waals surface area contributed by atoms with Crippen LogP contribution in [0.1, 0.15) is 19.8 Å². The van der Waals surface area contributed by atoms with E-state index in [1.807, 2.05) is 28.5 Å². The first-order valence-electron chi connectivity index (χ1n) is 6.97. The third kappa shape index (κ3) is 2.71. The van der Waals surface area contributed by atoms with Gasteiger partial charge >= 0.3 is 0 Å². The van der Waals surface area contributed by atoms with Crippen molar-refractivity contribution in [2.45, 2.75) is 19.8 Å². The van der Waals surface area contributed by atoms with Crippen LogP contribution in [-0.2, 0) is 4.79 Å². The van der Waals surface area contributed by atoms with E-state index < -0.39 is 0 Å². The summed E-state index contributed by atoms with van der Waals surface area (Å²) in [5, 5.41) is 2.46. The number of anilines is 2.